The summed E-state index contributed by atoms with van der Waals surface area (Å²) in [5, 5.41) is 3.64. The number of nitrogens with one attached hydrogen (secondary N) is 1. The third-order valence-electron chi connectivity index (χ3n) is 7.24. The summed E-state index contributed by atoms with van der Waals surface area (Å²) in [4.78, 5) is 32.0. The molecule has 4 atom stereocenters. The lowest BCUT2D eigenvalue weighted by molar-refractivity contribution is -0.137. The second kappa shape index (κ2) is 7.47. The summed E-state index contributed by atoms with van der Waals surface area (Å²) in [6, 6.07) is 1.99. The van der Waals surface area contributed by atoms with E-state index in [4.69, 9.17) is 0 Å². The third kappa shape index (κ3) is 3.50. The van der Waals surface area contributed by atoms with Gasteiger partial charge >= 0.3 is 0 Å². The Balaban J connectivity index is 1.33. The van der Waals surface area contributed by atoms with Crippen LogP contribution >= 0.6 is 0 Å². The van der Waals surface area contributed by atoms with Gasteiger partial charge < -0.3 is 15.1 Å². The predicted octanol–water partition coefficient (Wildman–Crippen LogP) is 1.06. The quantitative estimate of drug-likeness (QED) is 0.795. The summed E-state index contributed by atoms with van der Waals surface area (Å²) < 4.78 is 0. The molecule has 0 aromatic heterocycles. The lowest BCUT2D eigenvalue weighted by Crippen LogP contribution is -2.50. The Morgan fingerprint density at radius 3 is 2.65 bits per heavy atom. The van der Waals surface area contributed by atoms with Gasteiger partial charge in [-0.3, -0.25) is 14.5 Å². The molecule has 4 aliphatic rings. The van der Waals surface area contributed by atoms with E-state index in [0.717, 1.165) is 32.5 Å². The molecule has 0 aromatic carbocycles. The maximum atomic E-state index is 13.0. The molecule has 4 aliphatic heterocycles. The van der Waals surface area contributed by atoms with Gasteiger partial charge in [0.15, 0.2) is 0 Å². The predicted molar refractivity (Wildman–Crippen MR) is 101 cm³/mol. The molecule has 2 amide bonds. The number of nitrogens with zero attached hydrogens (tertiary/aromatic N) is 3. The summed E-state index contributed by atoms with van der Waals surface area (Å²) in [7, 11) is 1.96. The number of likely N-dealkylation sites (tertiary alicyclic amines) is 2. The van der Waals surface area contributed by atoms with Gasteiger partial charge in [0.1, 0.15) is 0 Å². The molecule has 4 rings (SSSR count). The first-order chi connectivity index (χ1) is 12.5. The largest absolute Gasteiger partial charge is 0.342 e. The van der Waals surface area contributed by atoms with Gasteiger partial charge in [-0.25, -0.2) is 0 Å². The first kappa shape index (κ1) is 18.2. The summed E-state index contributed by atoms with van der Waals surface area (Å²) in [6.07, 6.45) is 7.42. The van der Waals surface area contributed by atoms with Gasteiger partial charge in [0.2, 0.25) is 11.8 Å². The van der Waals surface area contributed by atoms with Gasteiger partial charge in [0.05, 0.1) is 5.92 Å². The molecule has 4 heterocycles. The van der Waals surface area contributed by atoms with Gasteiger partial charge in [0, 0.05) is 50.7 Å². The zero-order chi connectivity index (χ0) is 18.3. The van der Waals surface area contributed by atoms with Crippen LogP contribution in [0.4, 0.5) is 0 Å². The molecule has 6 nitrogen and oxygen atoms in total. The first-order valence-corrected chi connectivity index (χ1v) is 10.6. The van der Waals surface area contributed by atoms with Gasteiger partial charge in [-0.2, -0.15) is 0 Å². The van der Waals surface area contributed by atoms with E-state index in [1.54, 1.807) is 0 Å². The van der Waals surface area contributed by atoms with Crippen molar-refractivity contribution in [2.75, 3.05) is 33.2 Å². The number of piperidine rings is 1. The maximum Gasteiger partial charge on any atom is 0.227 e. The lowest BCUT2D eigenvalue weighted by atomic mass is 9.97. The normalized spacial score (nSPS) is 37.5. The second-order valence-corrected chi connectivity index (χ2v) is 8.84. The number of carbonyl (C=O) groups excluding carboxylic acids is 2. The molecule has 4 saturated heterocycles. The average molecular weight is 363 g/mol. The Hall–Kier alpha value is -1.14. The molecule has 2 bridgehead atoms. The van der Waals surface area contributed by atoms with Crippen LogP contribution in [0.5, 0.6) is 0 Å². The average Bonchev–Trinajstić information content (AvgIpc) is 3.33. The van der Waals surface area contributed by atoms with E-state index < -0.39 is 0 Å². The highest BCUT2D eigenvalue weighted by Gasteiger charge is 2.41. The van der Waals surface area contributed by atoms with Crippen molar-refractivity contribution in [3.05, 3.63) is 0 Å². The number of amides is 2. The molecule has 0 saturated carbocycles. The summed E-state index contributed by atoms with van der Waals surface area (Å²) in [5.74, 6) is 0.215. The van der Waals surface area contributed by atoms with Gasteiger partial charge in [-0.1, -0.05) is 6.92 Å². The zero-order valence-electron chi connectivity index (χ0n) is 16.3. The highest BCUT2D eigenvalue weighted by atomic mass is 16.2. The van der Waals surface area contributed by atoms with Crippen molar-refractivity contribution in [2.24, 2.45) is 5.92 Å². The molecule has 0 radical (unpaired) electrons. The Morgan fingerprint density at radius 1 is 1.23 bits per heavy atom. The van der Waals surface area contributed by atoms with Crippen LogP contribution in [0.15, 0.2) is 0 Å². The molecule has 0 spiro atoms. The van der Waals surface area contributed by atoms with E-state index in [1.165, 1.54) is 25.7 Å². The van der Waals surface area contributed by atoms with Crippen molar-refractivity contribution < 1.29 is 9.59 Å². The van der Waals surface area contributed by atoms with Gasteiger partial charge in [-0.15, -0.1) is 0 Å². The molecule has 4 fully saturated rings. The fourth-order valence-electron chi connectivity index (χ4n) is 5.70. The van der Waals surface area contributed by atoms with E-state index >= 15 is 0 Å². The molecule has 146 valence electrons. The number of hydrogen-bond donors (Lipinski definition) is 1. The van der Waals surface area contributed by atoms with Crippen LogP contribution in [0.2, 0.25) is 0 Å². The number of rotatable bonds is 5. The first-order valence-electron chi connectivity index (χ1n) is 10.6. The van der Waals surface area contributed by atoms with E-state index in [0.29, 0.717) is 37.1 Å². The smallest absolute Gasteiger partial charge is 0.227 e. The number of carbonyl (C=O) groups is 2. The second-order valence-electron chi connectivity index (χ2n) is 8.84. The fraction of sp³-hybridized carbons (Fsp3) is 0.900. The Kier molecular flexibility index (Phi) is 5.24. The maximum absolute atomic E-state index is 13.0. The standard InChI is InChI=1S/C20H34N4O2/c1-3-23-8-4-5-17(23)13-24-12-14(9-19(24)25)20(26)22(2)18-10-15-6-7-16(11-18)21-15/h14-18,21H,3-13H2,1-2H3. The van der Waals surface area contributed by atoms with Crippen molar-refractivity contribution in [1.29, 1.82) is 0 Å². The van der Waals surface area contributed by atoms with Crippen LogP contribution in [0.3, 0.4) is 0 Å². The monoisotopic (exact) mass is 362 g/mol. The zero-order valence-corrected chi connectivity index (χ0v) is 16.3. The number of fused-ring (bicyclic) bond motifs is 2. The minimum Gasteiger partial charge on any atom is -0.342 e. The Bertz CT molecular complexity index is 542. The molecule has 4 unspecified atom stereocenters. The number of likely N-dealkylation sites (N-methyl/N-ethyl adjacent to an activating group) is 1. The lowest BCUT2D eigenvalue weighted by Gasteiger charge is -2.36. The topological polar surface area (TPSA) is 55.9 Å². The van der Waals surface area contributed by atoms with E-state index in [9.17, 15) is 9.59 Å². The molecule has 0 aliphatic carbocycles. The van der Waals surface area contributed by atoms with Gasteiger partial charge in [0.25, 0.3) is 0 Å². The van der Waals surface area contributed by atoms with Crippen molar-refractivity contribution in [2.45, 2.75) is 76.0 Å². The van der Waals surface area contributed by atoms with Crippen molar-refractivity contribution in [3.8, 4) is 0 Å². The summed E-state index contributed by atoms with van der Waals surface area (Å²) in [5.41, 5.74) is 0. The minimum atomic E-state index is -0.142. The van der Waals surface area contributed by atoms with E-state index in [-0.39, 0.29) is 17.7 Å². The van der Waals surface area contributed by atoms with E-state index in [2.05, 4.69) is 17.1 Å². The van der Waals surface area contributed by atoms with Crippen molar-refractivity contribution in [1.82, 2.24) is 20.0 Å². The van der Waals surface area contributed by atoms with Crippen molar-refractivity contribution >= 4 is 11.8 Å². The summed E-state index contributed by atoms with van der Waals surface area (Å²) >= 11 is 0. The van der Waals surface area contributed by atoms with Crippen LogP contribution in [-0.4, -0.2) is 83.9 Å². The van der Waals surface area contributed by atoms with Crippen molar-refractivity contribution in [3.63, 3.8) is 0 Å². The fourth-order valence-corrected chi connectivity index (χ4v) is 5.70. The highest BCUT2D eigenvalue weighted by molar-refractivity contribution is 5.89. The third-order valence-corrected chi connectivity index (χ3v) is 7.24. The highest BCUT2D eigenvalue weighted by Crippen LogP contribution is 2.31. The van der Waals surface area contributed by atoms with Crippen LogP contribution in [0.1, 0.15) is 51.9 Å². The van der Waals surface area contributed by atoms with E-state index in [1.807, 2.05) is 16.8 Å². The molecule has 1 N–H and O–H groups in total. The molecule has 0 aromatic rings. The molecular weight excluding hydrogens is 328 g/mol. The summed E-state index contributed by atoms with van der Waals surface area (Å²) in [6.45, 7) is 5.81. The molecule has 6 heteroatoms. The Morgan fingerprint density at radius 2 is 1.96 bits per heavy atom. The molecule has 26 heavy (non-hydrogen) atoms. The Labute approximate surface area is 157 Å². The minimum absolute atomic E-state index is 0.142. The molecular formula is C20H34N4O2. The number of hydrogen-bond acceptors (Lipinski definition) is 4. The SMILES string of the molecule is CCN1CCCC1CN1CC(C(=O)N(C)C2CC3CCC(C2)N3)CC1=O. The van der Waals surface area contributed by atoms with Crippen LogP contribution in [-0.2, 0) is 9.59 Å². The van der Waals surface area contributed by atoms with Crippen LogP contribution < -0.4 is 5.32 Å². The van der Waals surface area contributed by atoms with Crippen LogP contribution in [0.25, 0.3) is 0 Å². The van der Waals surface area contributed by atoms with Gasteiger partial charge in [-0.05, 0) is 51.6 Å². The van der Waals surface area contributed by atoms with Crippen LogP contribution in [0, 0.1) is 5.92 Å².